The number of aryl methyl sites for hydroxylation is 1. The van der Waals surface area contributed by atoms with Gasteiger partial charge < -0.3 is 9.64 Å². The summed E-state index contributed by atoms with van der Waals surface area (Å²) >= 11 is 0. The van der Waals surface area contributed by atoms with Gasteiger partial charge >= 0.3 is 6.18 Å². The van der Waals surface area contributed by atoms with Gasteiger partial charge in [0.15, 0.2) is 6.10 Å². The van der Waals surface area contributed by atoms with E-state index in [0.29, 0.717) is 5.69 Å². The molecule has 1 fully saturated rings. The lowest BCUT2D eigenvalue weighted by Gasteiger charge is -2.39. The van der Waals surface area contributed by atoms with Crippen LogP contribution in [0.2, 0.25) is 0 Å². The quantitative estimate of drug-likeness (QED) is 0.500. The molecule has 0 bridgehead atoms. The number of halogens is 3. The maximum absolute atomic E-state index is 13.6. The highest BCUT2D eigenvalue weighted by atomic mass is 32.2. The van der Waals surface area contributed by atoms with Gasteiger partial charge in [-0.2, -0.15) is 26.9 Å². The maximum atomic E-state index is 13.6. The predicted octanol–water partition coefficient (Wildman–Crippen LogP) is 3.35. The molecule has 3 aromatic rings. The summed E-state index contributed by atoms with van der Waals surface area (Å²) < 4.78 is 76.1. The first-order chi connectivity index (χ1) is 16.1. The Morgan fingerprint density at radius 3 is 2.44 bits per heavy atom. The highest BCUT2D eigenvalue weighted by Crippen LogP contribution is 2.33. The Hall–Kier alpha value is -3.27. The third-order valence-corrected chi connectivity index (χ3v) is 6.61. The van der Waals surface area contributed by atoms with Gasteiger partial charge in [0.1, 0.15) is 23.2 Å². The number of ether oxygens (including phenoxy) is 1. The Labute approximate surface area is 193 Å². The van der Waals surface area contributed by atoms with Gasteiger partial charge in [-0.25, -0.2) is 0 Å². The standard InChI is InChI=1S/C22H19F3N4O4S/c1-14-2-5-17(6-3-14)34(30,31)32-13-16-11-29(12-19(33-16)22(23,24)25)18-7-4-15(10-26)20-21(18)28-9-8-27-20/h2-9,16,19H,11-13H2,1H3/t16-,19+/m1/s1. The minimum atomic E-state index is -4.69. The molecule has 0 amide bonds. The molecule has 1 aliphatic heterocycles. The van der Waals surface area contributed by atoms with Gasteiger partial charge in [-0.3, -0.25) is 14.2 Å². The molecule has 1 aliphatic rings. The lowest BCUT2D eigenvalue weighted by atomic mass is 10.1. The second-order valence-electron chi connectivity index (χ2n) is 7.74. The molecule has 8 nitrogen and oxygen atoms in total. The minimum absolute atomic E-state index is 0.0897. The van der Waals surface area contributed by atoms with E-state index in [1.807, 2.05) is 6.07 Å². The van der Waals surface area contributed by atoms with Gasteiger partial charge in [-0.05, 0) is 31.2 Å². The summed E-state index contributed by atoms with van der Waals surface area (Å²) in [5.74, 6) is 0. The van der Waals surface area contributed by atoms with E-state index >= 15 is 0 Å². The SMILES string of the molecule is Cc1ccc(S(=O)(=O)OC[C@H]2CN(c3ccc(C#N)c4nccnc34)C[C@@H](C(F)(F)F)O2)cc1. The van der Waals surface area contributed by atoms with E-state index in [2.05, 4.69) is 9.97 Å². The Morgan fingerprint density at radius 1 is 1.12 bits per heavy atom. The van der Waals surface area contributed by atoms with E-state index in [9.17, 15) is 26.9 Å². The van der Waals surface area contributed by atoms with Crippen molar-refractivity contribution < 1.29 is 30.5 Å². The van der Waals surface area contributed by atoms with Crippen LogP contribution in [0.1, 0.15) is 11.1 Å². The van der Waals surface area contributed by atoms with E-state index in [1.54, 1.807) is 19.1 Å². The van der Waals surface area contributed by atoms with Crippen LogP contribution < -0.4 is 4.90 Å². The average Bonchev–Trinajstić information content (AvgIpc) is 2.81. The van der Waals surface area contributed by atoms with Gasteiger partial charge in [0.2, 0.25) is 0 Å². The molecule has 0 radical (unpaired) electrons. The van der Waals surface area contributed by atoms with Crippen molar-refractivity contribution in [1.29, 1.82) is 5.26 Å². The second kappa shape index (κ2) is 9.17. The average molecular weight is 492 g/mol. The van der Waals surface area contributed by atoms with Gasteiger partial charge in [0.25, 0.3) is 10.1 Å². The van der Waals surface area contributed by atoms with E-state index in [0.717, 1.165) is 5.56 Å². The number of alkyl halides is 3. The number of hydrogen-bond acceptors (Lipinski definition) is 8. The summed E-state index contributed by atoms with van der Waals surface area (Å²) in [7, 11) is -4.19. The third kappa shape index (κ3) is 4.96. The molecule has 12 heteroatoms. The normalized spacial score (nSPS) is 19.2. The Bertz CT molecular complexity index is 1340. The monoisotopic (exact) mass is 492 g/mol. The zero-order valence-corrected chi connectivity index (χ0v) is 18.7. The molecule has 34 heavy (non-hydrogen) atoms. The summed E-state index contributed by atoms with van der Waals surface area (Å²) in [6.07, 6.45) is -5.32. The van der Waals surface area contributed by atoms with Crippen LogP contribution in [0.4, 0.5) is 18.9 Å². The van der Waals surface area contributed by atoms with Crippen molar-refractivity contribution in [3.8, 4) is 6.07 Å². The largest absolute Gasteiger partial charge is 0.416 e. The van der Waals surface area contributed by atoms with Crippen molar-refractivity contribution in [1.82, 2.24) is 9.97 Å². The van der Waals surface area contributed by atoms with Crippen LogP contribution in [0.5, 0.6) is 0 Å². The summed E-state index contributed by atoms with van der Waals surface area (Å²) in [5, 5.41) is 9.31. The van der Waals surface area contributed by atoms with Crippen LogP contribution in [0.15, 0.2) is 53.7 Å². The molecule has 0 N–H and O–H groups in total. The minimum Gasteiger partial charge on any atom is -0.364 e. The summed E-state index contributed by atoms with van der Waals surface area (Å²) in [6.45, 7) is 0.547. The van der Waals surface area contributed by atoms with Gasteiger partial charge in [0.05, 0.1) is 29.3 Å². The fourth-order valence-electron chi connectivity index (χ4n) is 3.63. The first-order valence-electron chi connectivity index (χ1n) is 10.2. The van der Waals surface area contributed by atoms with Gasteiger partial charge in [0, 0.05) is 18.9 Å². The zero-order valence-electron chi connectivity index (χ0n) is 17.9. The number of aromatic nitrogens is 2. The molecule has 0 unspecified atom stereocenters. The van der Waals surface area contributed by atoms with E-state index < -0.39 is 41.7 Å². The van der Waals surface area contributed by atoms with Crippen molar-refractivity contribution in [2.24, 2.45) is 0 Å². The van der Waals surface area contributed by atoms with Crippen molar-refractivity contribution >= 4 is 26.8 Å². The molecule has 1 aromatic heterocycles. The lowest BCUT2D eigenvalue weighted by molar-refractivity contribution is -0.237. The maximum Gasteiger partial charge on any atom is 0.416 e. The first-order valence-corrected chi connectivity index (χ1v) is 11.6. The number of anilines is 1. The summed E-state index contributed by atoms with van der Waals surface area (Å²) in [6, 6.07) is 10.8. The molecule has 4 rings (SSSR count). The molecule has 1 saturated heterocycles. The predicted molar refractivity (Wildman–Crippen MR) is 115 cm³/mol. The summed E-state index contributed by atoms with van der Waals surface area (Å²) in [5.41, 5.74) is 1.92. The first kappa shape index (κ1) is 23.9. The zero-order chi connectivity index (χ0) is 24.5. The molecular formula is C22H19F3N4O4S. The molecular weight excluding hydrogens is 473 g/mol. The third-order valence-electron chi connectivity index (χ3n) is 5.32. The van der Waals surface area contributed by atoms with E-state index in [4.69, 9.17) is 8.92 Å². The van der Waals surface area contributed by atoms with Crippen LogP contribution in [0, 0.1) is 18.3 Å². The van der Waals surface area contributed by atoms with Crippen molar-refractivity contribution in [2.75, 3.05) is 24.6 Å². The Kier molecular flexibility index (Phi) is 6.44. The number of nitrogens with zero attached hydrogens (tertiary/aromatic N) is 4. The highest BCUT2D eigenvalue weighted by molar-refractivity contribution is 7.86. The Morgan fingerprint density at radius 2 is 1.79 bits per heavy atom. The number of morpholine rings is 1. The molecule has 178 valence electrons. The van der Waals surface area contributed by atoms with Crippen LogP contribution in [-0.2, 0) is 19.0 Å². The molecule has 0 spiro atoms. The molecule has 0 aliphatic carbocycles. The summed E-state index contributed by atoms with van der Waals surface area (Å²) in [4.78, 5) is 9.63. The lowest BCUT2D eigenvalue weighted by Crippen LogP contribution is -2.54. The fourth-order valence-corrected chi connectivity index (χ4v) is 4.57. The smallest absolute Gasteiger partial charge is 0.364 e. The number of hydrogen-bond donors (Lipinski definition) is 0. The molecule has 0 saturated carbocycles. The van der Waals surface area contributed by atoms with Crippen LogP contribution in [0.3, 0.4) is 0 Å². The van der Waals surface area contributed by atoms with Gasteiger partial charge in [-0.1, -0.05) is 17.7 Å². The van der Waals surface area contributed by atoms with E-state index in [1.165, 1.54) is 41.6 Å². The molecule has 2 heterocycles. The van der Waals surface area contributed by atoms with Crippen molar-refractivity contribution in [2.45, 2.75) is 30.2 Å². The number of fused-ring (bicyclic) bond motifs is 1. The van der Waals surface area contributed by atoms with Gasteiger partial charge in [-0.15, -0.1) is 0 Å². The number of nitriles is 1. The highest BCUT2D eigenvalue weighted by Gasteiger charge is 2.46. The van der Waals surface area contributed by atoms with Crippen LogP contribution in [-0.4, -0.2) is 56.5 Å². The van der Waals surface area contributed by atoms with Crippen LogP contribution >= 0.6 is 0 Å². The fraction of sp³-hybridized carbons (Fsp3) is 0.318. The molecule has 2 aromatic carbocycles. The second-order valence-corrected chi connectivity index (χ2v) is 9.36. The Balaban J connectivity index is 1.61. The van der Waals surface area contributed by atoms with Crippen molar-refractivity contribution in [3.63, 3.8) is 0 Å². The number of benzene rings is 2. The molecule has 2 atom stereocenters. The topological polar surface area (TPSA) is 105 Å². The number of rotatable bonds is 5. The van der Waals surface area contributed by atoms with Crippen LogP contribution in [0.25, 0.3) is 11.0 Å². The van der Waals surface area contributed by atoms with E-state index in [-0.39, 0.29) is 28.0 Å². The van der Waals surface area contributed by atoms with Crippen molar-refractivity contribution in [3.05, 3.63) is 59.9 Å².